The molecule has 3 nitrogen and oxygen atoms in total. The molecule has 0 aliphatic carbocycles. The Hall–Kier alpha value is -2.13. The van der Waals surface area contributed by atoms with Crippen molar-refractivity contribution in [3.63, 3.8) is 0 Å². The van der Waals surface area contributed by atoms with E-state index in [0.29, 0.717) is 13.2 Å². The van der Waals surface area contributed by atoms with Crippen molar-refractivity contribution in [3.8, 4) is 0 Å². The van der Waals surface area contributed by atoms with E-state index in [0.717, 1.165) is 11.1 Å². The molecule has 0 bridgehead atoms. The molecule has 2 saturated heterocycles. The monoisotopic (exact) mass is 265 g/mol. The number of fused-ring (bicyclic) bond motifs is 1. The summed E-state index contributed by atoms with van der Waals surface area (Å²) in [6, 6.07) is 19.9. The zero-order chi connectivity index (χ0) is 13.6. The van der Waals surface area contributed by atoms with Crippen LogP contribution < -0.4 is 0 Å². The first-order chi connectivity index (χ1) is 9.85. The molecule has 1 amide bonds. The van der Waals surface area contributed by atoms with Crippen LogP contribution in [-0.4, -0.2) is 30.2 Å². The molecule has 2 heterocycles. The average molecular weight is 265 g/mol. The number of amides is 1. The van der Waals surface area contributed by atoms with Gasteiger partial charge in [0.2, 0.25) is 5.91 Å². The second-order valence-electron chi connectivity index (χ2n) is 5.26. The first kappa shape index (κ1) is 11.7. The fraction of sp³-hybridized carbons (Fsp3) is 0.235. The summed E-state index contributed by atoms with van der Waals surface area (Å²) in [6.07, 6.45) is -0.167. The quantitative estimate of drug-likeness (QED) is 0.779. The summed E-state index contributed by atoms with van der Waals surface area (Å²) >= 11 is 0. The maximum absolute atomic E-state index is 12.8. The zero-order valence-electron chi connectivity index (χ0n) is 11.0. The van der Waals surface area contributed by atoms with E-state index in [1.165, 1.54) is 0 Å². The van der Waals surface area contributed by atoms with Crippen LogP contribution in [0, 0.1) is 0 Å². The second-order valence-corrected chi connectivity index (χ2v) is 5.26. The maximum atomic E-state index is 12.8. The van der Waals surface area contributed by atoms with Gasteiger partial charge in [-0.25, -0.2) is 0 Å². The Morgan fingerprint density at radius 3 is 2.05 bits per heavy atom. The number of carbonyl (C=O) groups is 1. The predicted octanol–water partition coefficient (Wildman–Crippen LogP) is 2.17. The molecule has 20 heavy (non-hydrogen) atoms. The van der Waals surface area contributed by atoms with Crippen molar-refractivity contribution in [1.82, 2.24) is 4.90 Å². The number of hydrogen-bond acceptors (Lipinski definition) is 2. The third-order valence-corrected chi connectivity index (χ3v) is 4.32. The highest BCUT2D eigenvalue weighted by molar-refractivity contribution is 5.99. The van der Waals surface area contributed by atoms with E-state index in [4.69, 9.17) is 4.74 Å². The first-order valence-corrected chi connectivity index (χ1v) is 6.89. The zero-order valence-corrected chi connectivity index (χ0v) is 11.0. The molecule has 2 aliphatic heterocycles. The summed E-state index contributed by atoms with van der Waals surface area (Å²) in [6.45, 7) is 1.32. The van der Waals surface area contributed by atoms with E-state index >= 15 is 0 Å². The average Bonchev–Trinajstić information content (AvgIpc) is 2.95. The van der Waals surface area contributed by atoms with E-state index < -0.39 is 5.41 Å². The summed E-state index contributed by atoms with van der Waals surface area (Å²) in [5.74, 6) is 0.150. The van der Waals surface area contributed by atoms with Crippen molar-refractivity contribution in [2.45, 2.75) is 11.6 Å². The molecule has 1 unspecified atom stereocenters. The van der Waals surface area contributed by atoms with Gasteiger partial charge in [-0.15, -0.1) is 0 Å². The molecule has 0 N–H and O–H groups in total. The van der Waals surface area contributed by atoms with Gasteiger partial charge in [-0.1, -0.05) is 60.7 Å². The molecule has 2 aromatic carbocycles. The van der Waals surface area contributed by atoms with Gasteiger partial charge in [-0.2, -0.15) is 0 Å². The summed E-state index contributed by atoms with van der Waals surface area (Å²) < 4.78 is 5.85. The third kappa shape index (κ3) is 1.30. The molecule has 2 aromatic rings. The van der Waals surface area contributed by atoms with Crippen LogP contribution in [0.25, 0.3) is 0 Å². The fourth-order valence-electron chi connectivity index (χ4n) is 3.40. The fourth-order valence-corrected chi connectivity index (χ4v) is 3.40. The SMILES string of the molecule is O=C1N2CCOC2C1(c1ccccc1)c1ccccc1. The van der Waals surface area contributed by atoms with Crippen molar-refractivity contribution < 1.29 is 9.53 Å². The minimum Gasteiger partial charge on any atom is -0.355 e. The van der Waals surface area contributed by atoms with Crippen LogP contribution >= 0.6 is 0 Å². The molecule has 0 saturated carbocycles. The van der Waals surface area contributed by atoms with Gasteiger partial charge in [0.15, 0.2) is 6.23 Å². The normalized spacial score (nSPS) is 23.3. The maximum Gasteiger partial charge on any atom is 0.244 e. The number of nitrogens with zero attached hydrogens (tertiary/aromatic N) is 1. The second kappa shape index (κ2) is 4.18. The number of ether oxygens (including phenoxy) is 1. The van der Waals surface area contributed by atoms with Gasteiger partial charge < -0.3 is 9.64 Å². The number of carbonyl (C=O) groups excluding carboxylic acids is 1. The van der Waals surface area contributed by atoms with Gasteiger partial charge in [0.25, 0.3) is 0 Å². The van der Waals surface area contributed by atoms with Crippen LogP contribution in [0.2, 0.25) is 0 Å². The molecule has 4 rings (SSSR count). The smallest absolute Gasteiger partial charge is 0.244 e. The molecule has 0 spiro atoms. The van der Waals surface area contributed by atoms with E-state index in [1.807, 2.05) is 65.6 Å². The molecular weight excluding hydrogens is 250 g/mol. The van der Waals surface area contributed by atoms with Crippen molar-refractivity contribution >= 4 is 5.91 Å². The summed E-state index contributed by atoms with van der Waals surface area (Å²) in [5, 5.41) is 0. The lowest BCUT2D eigenvalue weighted by molar-refractivity contribution is -0.171. The van der Waals surface area contributed by atoms with Crippen molar-refractivity contribution in [2.75, 3.05) is 13.2 Å². The Kier molecular flexibility index (Phi) is 2.44. The lowest BCUT2D eigenvalue weighted by Gasteiger charge is -2.52. The van der Waals surface area contributed by atoms with Crippen molar-refractivity contribution in [1.29, 1.82) is 0 Å². The molecule has 100 valence electrons. The molecular formula is C17H15NO2. The van der Waals surface area contributed by atoms with Gasteiger partial charge in [-0.3, -0.25) is 4.79 Å². The highest BCUT2D eigenvalue weighted by atomic mass is 16.5. The van der Waals surface area contributed by atoms with E-state index in [9.17, 15) is 4.79 Å². The molecule has 0 radical (unpaired) electrons. The predicted molar refractivity (Wildman–Crippen MR) is 75.1 cm³/mol. The van der Waals surface area contributed by atoms with Gasteiger partial charge in [0.05, 0.1) is 6.61 Å². The topological polar surface area (TPSA) is 29.5 Å². The molecule has 2 fully saturated rings. The van der Waals surface area contributed by atoms with Crippen LogP contribution in [0.4, 0.5) is 0 Å². The van der Waals surface area contributed by atoms with Crippen molar-refractivity contribution in [2.24, 2.45) is 0 Å². The number of benzene rings is 2. The first-order valence-electron chi connectivity index (χ1n) is 6.89. The Bertz CT molecular complexity index is 599. The standard InChI is InChI=1S/C17H15NO2/c19-15-17(13-7-3-1-4-8-13,14-9-5-2-6-10-14)16-18(15)11-12-20-16/h1-10,16H,11-12H2. The Morgan fingerprint density at radius 1 is 0.950 bits per heavy atom. The number of rotatable bonds is 2. The number of hydrogen-bond donors (Lipinski definition) is 0. The molecule has 1 atom stereocenters. The van der Waals surface area contributed by atoms with Gasteiger partial charge in [0, 0.05) is 6.54 Å². The van der Waals surface area contributed by atoms with E-state index in [1.54, 1.807) is 0 Å². The molecule has 3 heteroatoms. The van der Waals surface area contributed by atoms with Crippen LogP contribution in [0.1, 0.15) is 11.1 Å². The van der Waals surface area contributed by atoms with Crippen LogP contribution in [0.5, 0.6) is 0 Å². The Morgan fingerprint density at radius 2 is 1.50 bits per heavy atom. The summed E-state index contributed by atoms with van der Waals surface area (Å²) in [7, 11) is 0. The van der Waals surface area contributed by atoms with Crippen molar-refractivity contribution in [3.05, 3.63) is 71.8 Å². The lowest BCUT2D eigenvalue weighted by Crippen LogP contribution is -2.69. The van der Waals surface area contributed by atoms with Crippen LogP contribution in [-0.2, 0) is 14.9 Å². The minimum atomic E-state index is -0.668. The molecule has 2 aliphatic rings. The largest absolute Gasteiger partial charge is 0.355 e. The highest BCUT2D eigenvalue weighted by Crippen LogP contribution is 2.49. The lowest BCUT2D eigenvalue weighted by atomic mass is 9.66. The minimum absolute atomic E-state index is 0.150. The Balaban J connectivity index is 1.93. The van der Waals surface area contributed by atoms with Crippen LogP contribution in [0.3, 0.4) is 0 Å². The summed E-state index contributed by atoms with van der Waals surface area (Å²) in [4.78, 5) is 14.6. The summed E-state index contributed by atoms with van der Waals surface area (Å²) in [5.41, 5.74) is 1.36. The van der Waals surface area contributed by atoms with E-state index in [2.05, 4.69) is 0 Å². The Labute approximate surface area is 117 Å². The highest BCUT2D eigenvalue weighted by Gasteiger charge is 2.65. The van der Waals surface area contributed by atoms with Gasteiger partial charge >= 0.3 is 0 Å². The molecule has 0 aromatic heterocycles. The van der Waals surface area contributed by atoms with E-state index in [-0.39, 0.29) is 12.1 Å². The van der Waals surface area contributed by atoms with Gasteiger partial charge in [0.1, 0.15) is 5.41 Å². The van der Waals surface area contributed by atoms with Crippen LogP contribution in [0.15, 0.2) is 60.7 Å². The van der Waals surface area contributed by atoms with Gasteiger partial charge in [-0.05, 0) is 11.1 Å². The third-order valence-electron chi connectivity index (χ3n) is 4.32. The number of β-lactam (4-membered cyclic amide) rings is 1.